The van der Waals surface area contributed by atoms with Gasteiger partial charge in [0, 0.05) is 12.1 Å². The molecule has 0 spiro atoms. The summed E-state index contributed by atoms with van der Waals surface area (Å²) >= 11 is 0. The first-order valence-electron chi connectivity index (χ1n) is 5.82. The molecule has 0 fully saturated rings. The Kier molecular flexibility index (Phi) is 5.19. The van der Waals surface area contributed by atoms with E-state index in [1.807, 2.05) is 10.8 Å². The molecule has 3 atom stereocenters. The highest BCUT2D eigenvalue weighted by Crippen LogP contribution is 2.09. The Balaban J connectivity index is 2.33. The molecule has 1 heterocycles. The molecule has 0 aliphatic carbocycles. The first kappa shape index (κ1) is 12.9. The number of allylic oxidation sites excluding steroid dienone is 1. The summed E-state index contributed by atoms with van der Waals surface area (Å²) in [6, 6.07) is 0.875. The minimum absolute atomic E-state index is 0.393. The highest BCUT2D eigenvalue weighted by Gasteiger charge is 2.13. The summed E-state index contributed by atoms with van der Waals surface area (Å²) in [6.07, 6.45) is 6.33. The van der Waals surface area contributed by atoms with E-state index in [1.165, 1.54) is 0 Å². The third-order valence-corrected chi connectivity index (χ3v) is 2.87. The van der Waals surface area contributed by atoms with Crippen LogP contribution < -0.4 is 5.32 Å². The normalized spacial score (nSPS) is 16.7. The lowest BCUT2D eigenvalue weighted by Crippen LogP contribution is -2.40. The SMILES string of the molecule is C=CCC(C)C(C)NC(C)Cn1cncn1. The largest absolute Gasteiger partial charge is 0.310 e. The van der Waals surface area contributed by atoms with Gasteiger partial charge in [0.1, 0.15) is 12.7 Å². The van der Waals surface area contributed by atoms with E-state index in [4.69, 9.17) is 0 Å². The standard InChI is InChI=1S/C12H22N4/c1-5-6-10(2)12(4)15-11(3)7-16-9-13-8-14-16/h5,8-12,15H,1,6-7H2,2-4H3. The molecular formula is C12H22N4. The highest BCUT2D eigenvalue weighted by atomic mass is 15.3. The number of aromatic nitrogens is 3. The molecule has 90 valence electrons. The van der Waals surface area contributed by atoms with Gasteiger partial charge < -0.3 is 5.32 Å². The number of nitrogens with zero attached hydrogens (tertiary/aromatic N) is 3. The Morgan fingerprint density at radius 1 is 1.44 bits per heavy atom. The summed E-state index contributed by atoms with van der Waals surface area (Å²) in [5.41, 5.74) is 0. The molecule has 3 unspecified atom stereocenters. The molecular weight excluding hydrogens is 200 g/mol. The zero-order chi connectivity index (χ0) is 12.0. The van der Waals surface area contributed by atoms with Crippen molar-refractivity contribution in [3.05, 3.63) is 25.3 Å². The molecule has 0 amide bonds. The van der Waals surface area contributed by atoms with Crippen molar-refractivity contribution in [2.45, 2.75) is 45.8 Å². The van der Waals surface area contributed by atoms with E-state index in [0.29, 0.717) is 18.0 Å². The van der Waals surface area contributed by atoms with E-state index in [2.05, 4.69) is 42.7 Å². The Bertz CT molecular complexity index is 294. The van der Waals surface area contributed by atoms with Crippen molar-refractivity contribution in [3.63, 3.8) is 0 Å². The molecule has 1 rings (SSSR count). The van der Waals surface area contributed by atoms with Crippen LogP contribution in [0.1, 0.15) is 27.2 Å². The summed E-state index contributed by atoms with van der Waals surface area (Å²) in [6.45, 7) is 11.2. The molecule has 1 N–H and O–H groups in total. The van der Waals surface area contributed by atoms with Gasteiger partial charge in [0.05, 0.1) is 6.54 Å². The third kappa shape index (κ3) is 4.14. The average molecular weight is 222 g/mol. The fourth-order valence-corrected chi connectivity index (χ4v) is 1.74. The maximum Gasteiger partial charge on any atom is 0.137 e. The predicted octanol–water partition coefficient (Wildman–Crippen LogP) is 1.86. The fraction of sp³-hybridized carbons (Fsp3) is 0.667. The first-order valence-corrected chi connectivity index (χ1v) is 5.82. The molecule has 4 heteroatoms. The lowest BCUT2D eigenvalue weighted by atomic mass is 9.99. The van der Waals surface area contributed by atoms with Gasteiger partial charge in [0.15, 0.2) is 0 Å². The van der Waals surface area contributed by atoms with Crippen molar-refractivity contribution >= 4 is 0 Å². The molecule has 1 aromatic rings. The molecule has 1 aromatic heterocycles. The lowest BCUT2D eigenvalue weighted by Gasteiger charge is -2.24. The van der Waals surface area contributed by atoms with E-state index in [1.54, 1.807) is 12.7 Å². The molecule has 0 bridgehead atoms. The summed E-state index contributed by atoms with van der Waals surface area (Å²) in [7, 11) is 0. The van der Waals surface area contributed by atoms with Crippen molar-refractivity contribution in [1.82, 2.24) is 20.1 Å². The first-order chi connectivity index (χ1) is 7.63. The van der Waals surface area contributed by atoms with Crippen LogP contribution in [-0.2, 0) is 6.54 Å². The van der Waals surface area contributed by atoms with Gasteiger partial charge >= 0.3 is 0 Å². The summed E-state index contributed by atoms with van der Waals surface area (Å²) in [4.78, 5) is 3.93. The number of hydrogen-bond acceptors (Lipinski definition) is 3. The van der Waals surface area contributed by atoms with Gasteiger partial charge in [0.25, 0.3) is 0 Å². The second-order valence-electron chi connectivity index (χ2n) is 4.48. The van der Waals surface area contributed by atoms with E-state index >= 15 is 0 Å². The monoisotopic (exact) mass is 222 g/mol. The minimum atomic E-state index is 0.393. The fourth-order valence-electron chi connectivity index (χ4n) is 1.74. The van der Waals surface area contributed by atoms with Crippen LogP contribution in [0.25, 0.3) is 0 Å². The molecule has 0 aliphatic heterocycles. The number of rotatable bonds is 7. The van der Waals surface area contributed by atoms with Crippen LogP contribution >= 0.6 is 0 Å². The Morgan fingerprint density at radius 2 is 2.19 bits per heavy atom. The van der Waals surface area contributed by atoms with Crippen molar-refractivity contribution in [3.8, 4) is 0 Å². The van der Waals surface area contributed by atoms with Gasteiger partial charge in [-0.15, -0.1) is 6.58 Å². The van der Waals surface area contributed by atoms with Gasteiger partial charge in [0.2, 0.25) is 0 Å². The van der Waals surface area contributed by atoms with Gasteiger partial charge in [-0.3, -0.25) is 4.68 Å². The van der Waals surface area contributed by atoms with Crippen LogP contribution in [0.15, 0.2) is 25.3 Å². The van der Waals surface area contributed by atoms with Crippen molar-refractivity contribution in [1.29, 1.82) is 0 Å². The van der Waals surface area contributed by atoms with Gasteiger partial charge in [-0.2, -0.15) is 5.10 Å². The van der Waals surface area contributed by atoms with Crippen molar-refractivity contribution < 1.29 is 0 Å². The molecule has 0 aromatic carbocycles. The van der Waals surface area contributed by atoms with Crippen LogP contribution in [0.5, 0.6) is 0 Å². The van der Waals surface area contributed by atoms with Crippen LogP contribution in [0.2, 0.25) is 0 Å². The van der Waals surface area contributed by atoms with Crippen LogP contribution in [0.3, 0.4) is 0 Å². The van der Waals surface area contributed by atoms with Gasteiger partial charge in [-0.1, -0.05) is 13.0 Å². The predicted molar refractivity (Wildman–Crippen MR) is 66.1 cm³/mol. The maximum absolute atomic E-state index is 4.09. The van der Waals surface area contributed by atoms with E-state index in [9.17, 15) is 0 Å². The zero-order valence-corrected chi connectivity index (χ0v) is 10.4. The molecule has 16 heavy (non-hydrogen) atoms. The van der Waals surface area contributed by atoms with E-state index in [-0.39, 0.29) is 0 Å². The highest BCUT2D eigenvalue weighted by molar-refractivity contribution is 4.79. The minimum Gasteiger partial charge on any atom is -0.310 e. The van der Waals surface area contributed by atoms with Crippen molar-refractivity contribution in [2.24, 2.45) is 5.92 Å². The van der Waals surface area contributed by atoms with Crippen LogP contribution in [-0.4, -0.2) is 26.8 Å². The summed E-state index contributed by atoms with van der Waals surface area (Å²) < 4.78 is 1.85. The average Bonchev–Trinajstić information content (AvgIpc) is 2.70. The number of hydrogen-bond donors (Lipinski definition) is 1. The topological polar surface area (TPSA) is 42.7 Å². The Morgan fingerprint density at radius 3 is 2.75 bits per heavy atom. The van der Waals surface area contributed by atoms with Gasteiger partial charge in [-0.05, 0) is 26.2 Å². The molecule has 4 nitrogen and oxygen atoms in total. The Hall–Kier alpha value is -1.16. The maximum atomic E-state index is 4.09. The quantitative estimate of drug-likeness (QED) is 0.716. The molecule has 0 aliphatic rings. The van der Waals surface area contributed by atoms with Crippen LogP contribution in [0.4, 0.5) is 0 Å². The lowest BCUT2D eigenvalue weighted by molar-refractivity contribution is 0.339. The van der Waals surface area contributed by atoms with Crippen LogP contribution in [0, 0.1) is 5.92 Å². The molecule has 0 radical (unpaired) electrons. The Labute approximate surface area is 97.8 Å². The molecule has 0 saturated carbocycles. The molecule has 0 saturated heterocycles. The summed E-state index contributed by atoms with van der Waals surface area (Å²) in [5, 5.41) is 7.66. The smallest absolute Gasteiger partial charge is 0.137 e. The summed E-state index contributed by atoms with van der Waals surface area (Å²) in [5.74, 6) is 0.607. The van der Waals surface area contributed by atoms with Crippen molar-refractivity contribution in [2.75, 3.05) is 0 Å². The second kappa shape index (κ2) is 6.43. The third-order valence-electron chi connectivity index (χ3n) is 2.87. The zero-order valence-electron chi connectivity index (χ0n) is 10.4. The van der Waals surface area contributed by atoms with E-state index in [0.717, 1.165) is 13.0 Å². The number of nitrogens with one attached hydrogen (secondary N) is 1. The second-order valence-corrected chi connectivity index (χ2v) is 4.48. The van der Waals surface area contributed by atoms with Gasteiger partial charge in [-0.25, -0.2) is 4.98 Å². The van der Waals surface area contributed by atoms with E-state index < -0.39 is 0 Å².